The minimum atomic E-state index is 0.182. The lowest BCUT2D eigenvalue weighted by Gasteiger charge is -2.21. The summed E-state index contributed by atoms with van der Waals surface area (Å²) in [5.74, 6) is 1.18. The van der Waals surface area contributed by atoms with E-state index >= 15 is 0 Å². The topological polar surface area (TPSA) is 54.9 Å². The van der Waals surface area contributed by atoms with Crippen LogP contribution in [0.15, 0.2) is 30.3 Å². The molecule has 1 aromatic heterocycles. The molecule has 0 bridgehead atoms. The SMILES string of the molecule is Cc1nc(NCCc2ccccc2)nc2c1C(=O)C[C@@H](C)C2. The van der Waals surface area contributed by atoms with E-state index in [0.717, 1.165) is 36.3 Å². The number of hydrogen-bond acceptors (Lipinski definition) is 4. The van der Waals surface area contributed by atoms with Crippen molar-refractivity contribution in [3.8, 4) is 0 Å². The summed E-state index contributed by atoms with van der Waals surface area (Å²) < 4.78 is 0. The number of fused-ring (bicyclic) bond motifs is 1. The van der Waals surface area contributed by atoms with Gasteiger partial charge in [0.2, 0.25) is 5.95 Å². The summed E-state index contributed by atoms with van der Waals surface area (Å²) in [5, 5.41) is 3.28. The van der Waals surface area contributed by atoms with Crippen LogP contribution in [0.5, 0.6) is 0 Å². The molecule has 22 heavy (non-hydrogen) atoms. The third kappa shape index (κ3) is 3.16. The van der Waals surface area contributed by atoms with E-state index in [1.54, 1.807) is 0 Å². The van der Waals surface area contributed by atoms with Crippen LogP contribution in [0, 0.1) is 12.8 Å². The molecule has 1 N–H and O–H groups in total. The second-order valence-corrected chi connectivity index (χ2v) is 6.05. The summed E-state index contributed by atoms with van der Waals surface area (Å²) in [7, 11) is 0. The molecule has 0 amide bonds. The van der Waals surface area contributed by atoms with Gasteiger partial charge in [-0.25, -0.2) is 9.97 Å². The summed E-state index contributed by atoms with van der Waals surface area (Å²) >= 11 is 0. The van der Waals surface area contributed by atoms with E-state index in [1.807, 2.05) is 25.1 Å². The molecule has 1 aromatic carbocycles. The summed E-state index contributed by atoms with van der Waals surface area (Å²) in [5.41, 5.74) is 3.72. The smallest absolute Gasteiger partial charge is 0.223 e. The van der Waals surface area contributed by atoms with Crippen molar-refractivity contribution in [1.29, 1.82) is 0 Å². The van der Waals surface area contributed by atoms with Crippen LogP contribution in [0.3, 0.4) is 0 Å². The number of carbonyl (C=O) groups excluding carboxylic acids is 1. The largest absolute Gasteiger partial charge is 0.354 e. The van der Waals surface area contributed by atoms with Crippen molar-refractivity contribution in [2.45, 2.75) is 33.1 Å². The van der Waals surface area contributed by atoms with Gasteiger partial charge in [-0.3, -0.25) is 4.79 Å². The molecule has 1 atom stereocenters. The first-order valence-corrected chi connectivity index (χ1v) is 7.82. The Balaban J connectivity index is 1.71. The summed E-state index contributed by atoms with van der Waals surface area (Å²) in [6, 6.07) is 10.3. The molecule has 2 aromatic rings. The third-order valence-electron chi connectivity index (χ3n) is 4.06. The van der Waals surface area contributed by atoms with E-state index in [1.165, 1.54) is 5.56 Å². The first kappa shape index (κ1) is 14.7. The van der Waals surface area contributed by atoms with Gasteiger partial charge in [0.05, 0.1) is 17.0 Å². The highest BCUT2D eigenvalue weighted by Gasteiger charge is 2.26. The maximum absolute atomic E-state index is 12.1. The lowest BCUT2D eigenvalue weighted by atomic mass is 9.86. The van der Waals surface area contributed by atoms with Crippen LogP contribution in [-0.4, -0.2) is 22.3 Å². The second-order valence-electron chi connectivity index (χ2n) is 6.05. The van der Waals surface area contributed by atoms with Gasteiger partial charge >= 0.3 is 0 Å². The first-order valence-electron chi connectivity index (χ1n) is 7.82. The minimum absolute atomic E-state index is 0.182. The maximum atomic E-state index is 12.1. The van der Waals surface area contributed by atoms with Crippen molar-refractivity contribution in [2.75, 3.05) is 11.9 Å². The van der Waals surface area contributed by atoms with Gasteiger partial charge in [-0.1, -0.05) is 37.3 Å². The molecule has 4 nitrogen and oxygen atoms in total. The minimum Gasteiger partial charge on any atom is -0.354 e. The summed E-state index contributed by atoms with van der Waals surface area (Å²) in [6.07, 6.45) is 2.39. The maximum Gasteiger partial charge on any atom is 0.223 e. The van der Waals surface area contributed by atoms with Crippen molar-refractivity contribution in [3.05, 3.63) is 52.8 Å². The molecule has 0 unspecified atom stereocenters. The van der Waals surface area contributed by atoms with Gasteiger partial charge in [-0.2, -0.15) is 0 Å². The Hall–Kier alpha value is -2.23. The fourth-order valence-electron chi connectivity index (χ4n) is 3.01. The Morgan fingerprint density at radius 1 is 1.18 bits per heavy atom. The van der Waals surface area contributed by atoms with Crippen LogP contribution in [0.4, 0.5) is 5.95 Å². The van der Waals surface area contributed by atoms with Crippen LogP contribution in [-0.2, 0) is 12.8 Å². The molecule has 0 fully saturated rings. The van der Waals surface area contributed by atoms with Gasteiger partial charge in [0.15, 0.2) is 5.78 Å². The average Bonchev–Trinajstić information content (AvgIpc) is 2.47. The van der Waals surface area contributed by atoms with Crippen molar-refractivity contribution in [3.63, 3.8) is 0 Å². The number of aromatic nitrogens is 2. The molecule has 1 aliphatic rings. The molecule has 114 valence electrons. The number of anilines is 1. The van der Waals surface area contributed by atoms with Gasteiger partial charge < -0.3 is 5.32 Å². The van der Waals surface area contributed by atoms with Crippen molar-refractivity contribution in [2.24, 2.45) is 5.92 Å². The number of ketones is 1. The second kappa shape index (κ2) is 6.26. The highest BCUT2D eigenvalue weighted by Crippen LogP contribution is 2.26. The zero-order chi connectivity index (χ0) is 15.5. The molecule has 0 spiro atoms. The lowest BCUT2D eigenvalue weighted by molar-refractivity contribution is 0.0951. The van der Waals surface area contributed by atoms with Crippen molar-refractivity contribution >= 4 is 11.7 Å². The normalized spacial score (nSPS) is 17.2. The van der Waals surface area contributed by atoms with Gasteiger partial charge in [-0.15, -0.1) is 0 Å². The van der Waals surface area contributed by atoms with Gasteiger partial charge in [0.25, 0.3) is 0 Å². The number of rotatable bonds is 4. The molecule has 4 heteroatoms. The number of nitrogens with zero attached hydrogens (tertiary/aromatic N) is 2. The van der Waals surface area contributed by atoms with Gasteiger partial charge in [0.1, 0.15) is 0 Å². The number of aryl methyl sites for hydroxylation is 1. The number of nitrogens with one attached hydrogen (secondary N) is 1. The van der Waals surface area contributed by atoms with Crippen LogP contribution < -0.4 is 5.32 Å². The number of hydrogen-bond donors (Lipinski definition) is 1. The highest BCUT2D eigenvalue weighted by molar-refractivity contribution is 5.99. The fourth-order valence-corrected chi connectivity index (χ4v) is 3.01. The zero-order valence-electron chi connectivity index (χ0n) is 13.1. The molecule has 0 saturated heterocycles. The van der Waals surface area contributed by atoms with Crippen LogP contribution in [0.2, 0.25) is 0 Å². The van der Waals surface area contributed by atoms with E-state index < -0.39 is 0 Å². The number of benzene rings is 1. The zero-order valence-corrected chi connectivity index (χ0v) is 13.1. The Morgan fingerprint density at radius 3 is 2.73 bits per heavy atom. The van der Waals surface area contributed by atoms with Gasteiger partial charge in [0, 0.05) is 13.0 Å². The molecular formula is C18H21N3O. The van der Waals surface area contributed by atoms with Crippen LogP contribution >= 0.6 is 0 Å². The molecular weight excluding hydrogens is 274 g/mol. The van der Waals surface area contributed by atoms with Crippen molar-refractivity contribution in [1.82, 2.24) is 9.97 Å². The van der Waals surface area contributed by atoms with Crippen LogP contribution in [0.25, 0.3) is 0 Å². The molecule has 0 radical (unpaired) electrons. The Labute approximate surface area is 131 Å². The fraction of sp³-hybridized carbons (Fsp3) is 0.389. The molecule has 1 heterocycles. The quantitative estimate of drug-likeness (QED) is 0.941. The molecule has 3 rings (SSSR count). The molecule has 0 saturated carbocycles. The first-order chi connectivity index (χ1) is 10.6. The van der Waals surface area contributed by atoms with E-state index in [4.69, 9.17) is 0 Å². The average molecular weight is 295 g/mol. The Bertz CT molecular complexity index is 682. The number of carbonyl (C=O) groups is 1. The summed E-state index contributed by atoms with van der Waals surface area (Å²) in [6.45, 7) is 4.78. The predicted molar refractivity (Wildman–Crippen MR) is 87.2 cm³/mol. The van der Waals surface area contributed by atoms with E-state index in [-0.39, 0.29) is 5.78 Å². The monoisotopic (exact) mass is 295 g/mol. The Morgan fingerprint density at radius 2 is 1.95 bits per heavy atom. The number of Topliss-reactive ketones (excluding diaryl/α,β-unsaturated/α-hetero) is 1. The van der Waals surface area contributed by atoms with Gasteiger partial charge in [-0.05, 0) is 31.2 Å². The van der Waals surface area contributed by atoms with Crippen molar-refractivity contribution < 1.29 is 4.79 Å². The van der Waals surface area contributed by atoms with E-state index in [9.17, 15) is 4.79 Å². The highest BCUT2D eigenvalue weighted by atomic mass is 16.1. The molecule has 1 aliphatic carbocycles. The third-order valence-corrected chi connectivity index (χ3v) is 4.06. The lowest BCUT2D eigenvalue weighted by Crippen LogP contribution is -2.22. The van der Waals surface area contributed by atoms with E-state index in [2.05, 4.69) is 34.3 Å². The summed E-state index contributed by atoms with van der Waals surface area (Å²) in [4.78, 5) is 21.1. The van der Waals surface area contributed by atoms with Crippen LogP contribution in [0.1, 0.15) is 40.7 Å². The van der Waals surface area contributed by atoms with E-state index in [0.29, 0.717) is 18.3 Å². The predicted octanol–water partition coefficient (Wildman–Crippen LogP) is 3.20. The standard InChI is InChI=1S/C18H21N3O/c1-12-10-15-17(16(22)11-12)13(2)20-18(21-15)19-9-8-14-6-4-3-5-7-14/h3-7,12H,8-11H2,1-2H3,(H,19,20,21)/t12-/m0/s1. The Kier molecular flexibility index (Phi) is 4.18. The molecule has 0 aliphatic heterocycles.